The summed E-state index contributed by atoms with van der Waals surface area (Å²) in [6.45, 7) is 3.88. The normalized spacial score (nSPS) is 18.1. The molecule has 1 aliphatic rings. The van der Waals surface area contributed by atoms with Gasteiger partial charge >= 0.3 is 5.97 Å². The molecule has 1 saturated heterocycles. The minimum absolute atomic E-state index is 0.309. The molecular weight excluding hydrogens is 318 g/mol. The minimum Gasteiger partial charge on any atom is -0.480 e. The molecule has 1 amide bonds. The molecule has 116 valence electrons. The second-order valence-corrected chi connectivity index (χ2v) is 6.78. The second kappa shape index (κ2) is 7.07. The Hall–Kier alpha value is -1.66. The Bertz CT molecular complexity index is 637. The number of carbonyl (C=O) groups excluding carboxylic acids is 1. The van der Waals surface area contributed by atoms with Gasteiger partial charge in [0.25, 0.3) is 5.91 Å². The summed E-state index contributed by atoms with van der Waals surface area (Å²) in [4.78, 5) is 25.6. The van der Waals surface area contributed by atoms with Crippen LogP contribution in [0.2, 0.25) is 0 Å². The molecular formula is C16H17NO3S2. The Morgan fingerprint density at radius 1 is 1.41 bits per heavy atom. The lowest BCUT2D eigenvalue weighted by atomic mass is 10.1. The van der Waals surface area contributed by atoms with E-state index in [0.717, 1.165) is 22.9 Å². The number of hydrogen-bond donors (Lipinski definition) is 1. The van der Waals surface area contributed by atoms with Gasteiger partial charge in [-0.05, 0) is 25.0 Å². The number of rotatable bonds is 5. The van der Waals surface area contributed by atoms with E-state index in [1.54, 1.807) is 6.08 Å². The average molecular weight is 335 g/mol. The van der Waals surface area contributed by atoms with Gasteiger partial charge in [0.15, 0.2) is 0 Å². The van der Waals surface area contributed by atoms with Crippen LogP contribution in [-0.4, -0.2) is 32.2 Å². The van der Waals surface area contributed by atoms with E-state index in [1.807, 2.05) is 38.1 Å². The number of benzene rings is 1. The fourth-order valence-electron chi connectivity index (χ4n) is 2.20. The molecule has 22 heavy (non-hydrogen) atoms. The minimum atomic E-state index is -1.02. The lowest BCUT2D eigenvalue weighted by Crippen LogP contribution is -2.43. The molecule has 1 aromatic rings. The van der Waals surface area contributed by atoms with Gasteiger partial charge in [0.05, 0.1) is 4.91 Å². The molecule has 0 unspecified atom stereocenters. The van der Waals surface area contributed by atoms with Crippen LogP contribution in [0.15, 0.2) is 29.2 Å². The Morgan fingerprint density at radius 3 is 2.59 bits per heavy atom. The van der Waals surface area contributed by atoms with Crippen molar-refractivity contribution in [2.45, 2.75) is 32.7 Å². The molecule has 0 aliphatic carbocycles. The van der Waals surface area contributed by atoms with E-state index in [-0.39, 0.29) is 5.91 Å². The van der Waals surface area contributed by atoms with Crippen molar-refractivity contribution in [3.05, 3.63) is 40.3 Å². The monoisotopic (exact) mass is 335 g/mol. The van der Waals surface area contributed by atoms with Crippen LogP contribution in [0.5, 0.6) is 0 Å². The number of amides is 1. The molecule has 0 aromatic heterocycles. The lowest BCUT2D eigenvalue weighted by molar-refractivity contribution is -0.145. The quantitative estimate of drug-likeness (QED) is 0.660. The third kappa shape index (κ3) is 3.56. The van der Waals surface area contributed by atoms with E-state index in [4.69, 9.17) is 12.2 Å². The first-order valence-corrected chi connectivity index (χ1v) is 8.23. The van der Waals surface area contributed by atoms with Gasteiger partial charge < -0.3 is 5.11 Å². The zero-order valence-corrected chi connectivity index (χ0v) is 14.0. The number of nitrogens with zero attached hydrogens (tertiary/aromatic N) is 1. The van der Waals surface area contributed by atoms with E-state index >= 15 is 0 Å². The van der Waals surface area contributed by atoms with Gasteiger partial charge in [-0.25, -0.2) is 4.79 Å². The fraction of sp³-hybridized carbons (Fsp3) is 0.312. The molecule has 1 atom stereocenters. The number of carboxylic acid groups (broad SMARTS) is 1. The molecule has 0 bridgehead atoms. The van der Waals surface area contributed by atoms with Crippen molar-refractivity contribution in [3.8, 4) is 0 Å². The summed E-state index contributed by atoms with van der Waals surface area (Å²) in [5.74, 6) is -1.34. The Kier molecular flexibility index (Phi) is 5.37. The van der Waals surface area contributed by atoms with Crippen LogP contribution < -0.4 is 0 Å². The number of carboxylic acids is 1. The van der Waals surface area contributed by atoms with Crippen molar-refractivity contribution < 1.29 is 14.7 Å². The summed E-state index contributed by atoms with van der Waals surface area (Å²) >= 11 is 6.36. The SMILES string of the molecule is CCC[C@@H](C(=O)O)N1C(=O)/C(=C/c2ccc(C)cc2)SC1=S. The average Bonchev–Trinajstić information content (AvgIpc) is 2.73. The second-order valence-electron chi connectivity index (χ2n) is 5.11. The number of aliphatic carboxylic acids is 1. The highest BCUT2D eigenvalue weighted by Crippen LogP contribution is 2.34. The highest BCUT2D eigenvalue weighted by Gasteiger charge is 2.39. The van der Waals surface area contributed by atoms with Gasteiger partial charge in [-0.2, -0.15) is 0 Å². The molecule has 1 fully saturated rings. The summed E-state index contributed by atoms with van der Waals surface area (Å²) in [6.07, 6.45) is 2.81. The molecule has 0 saturated carbocycles. The van der Waals surface area contributed by atoms with Crippen molar-refractivity contribution in [2.75, 3.05) is 0 Å². The van der Waals surface area contributed by atoms with Crippen molar-refractivity contribution in [3.63, 3.8) is 0 Å². The van der Waals surface area contributed by atoms with E-state index in [9.17, 15) is 14.7 Å². The number of aryl methyl sites for hydroxylation is 1. The predicted octanol–water partition coefficient (Wildman–Crippen LogP) is 3.45. The molecule has 0 spiro atoms. The van der Waals surface area contributed by atoms with Crippen molar-refractivity contribution >= 4 is 46.3 Å². The third-order valence-electron chi connectivity index (χ3n) is 3.36. The van der Waals surface area contributed by atoms with Crippen LogP contribution in [0.4, 0.5) is 0 Å². The molecule has 2 rings (SSSR count). The van der Waals surface area contributed by atoms with Crippen molar-refractivity contribution in [1.29, 1.82) is 0 Å². The number of thiocarbonyl (C=S) groups is 1. The zero-order chi connectivity index (χ0) is 16.3. The first-order valence-electron chi connectivity index (χ1n) is 7.00. The van der Waals surface area contributed by atoms with E-state index in [1.165, 1.54) is 4.90 Å². The van der Waals surface area contributed by atoms with Gasteiger partial charge in [-0.1, -0.05) is 67.2 Å². The molecule has 0 radical (unpaired) electrons. The number of thioether (sulfide) groups is 1. The standard InChI is InChI=1S/C16H17NO3S2/c1-3-4-12(15(19)20)17-14(18)13(22-16(17)21)9-11-7-5-10(2)6-8-11/h5-9,12H,3-4H2,1-2H3,(H,19,20)/b13-9-/t12-/m0/s1. The Balaban J connectivity index is 2.27. The largest absolute Gasteiger partial charge is 0.480 e. The molecule has 1 N–H and O–H groups in total. The highest BCUT2D eigenvalue weighted by atomic mass is 32.2. The maximum absolute atomic E-state index is 12.5. The first-order chi connectivity index (χ1) is 10.4. The van der Waals surface area contributed by atoms with Gasteiger partial charge in [0.2, 0.25) is 0 Å². The summed E-state index contributed by atoms with van der Waals surface area (Å²) in [5.41, 5.74) is 2.03. The third-order valence-corrected chi connectivity index (χ3v) is 4.69. The number of hydrogen-bond acceptors (Lipinski definition) is 4. The van der Waals surface area contributed by atoms with Crippen LogP contribution in [-0.2, 0) is 9.59 Å². The topological polar surface area (TPSA) is 57.6 Å². The smallest absolute Gasteiger partial charge is 0.326 e. The van der Waals surface area contributed by atoms with Crippen molar-refractivity contribution in [1.82, 2.24) is 4.90 Å². The van der Waals surface area contributed by atoms with Crippen LogP contribution in [0.25, 0.3) is 6.08 Å². The Morgan fingerprint density at radius 2 is 2.05 bits per heavy atom. The lowest BCUT2D eigenvalue weighted by Gasteiger charge is -2.22. The van der Waals surface area contributed by atoms with Crippen LogP contribution in [0.1, 0.15) is 30.9 Å². The predicted molar refractivity (Wildman–Crippen MR) is 92.5 cm³/mol. The molecule has 1 aromatic carbocycles. The highest BCUT2D eigenvalue weighted by molar-refractivity contribution is 8.26. The maximum atomic E-state index is 12.5. The summed E-state index contributed by atoms with van der Waals surface area (Å²) in [5, 5.41) is 9.32. The van der Waals surface area contributed by atoms with Gasteiger partial charge in [-0.3, -0.25) is 9.69 Å². The van der Waals surface area contributed by atoms with E-state index in [2.05, 4.69) is 0 Å². The Labute approximate surface area is 139 Å². The van der Waals surface area contributed by atoms with Crippen LogP contribution >= 0.6 is 24.0 Å². The van der Waals surface area contributed by atoms with Gasteiger partial charge in [0, 0.05) is 0 Å². The fourth-order valence-corrected chi connectivity index (χ4v) is 3.56. The van der Waals surface area contributed by atoms with Gasteiger partial charge in [0.1, 0.15) is 10.4 Å². The summed E-state index contributed by atoms with van der Waals surface area (Å²) in [6, 6.07) is 6.87. The zero-order valence-electron chi connectivity index (χ0n) is 12.4. The maximum Gasteiger partial charge on any atom is 0.326 e. The first kappa shape index (κ1) is 16.7. The molecule has 1 heterocycles. The molecule has 1 aliphatic heterocycles. The molecule has 6 heteroatoms. The van der Waals surface area contributed by atoms with Crippen LogP contribution in [0, 0.1) is 6.92 Å². The van der Waals surface area contributed by atoms with E-state index < -0.39 is 12.0 Å². The van der Waals surface area contributed by atoms with E-state index in [0.29, 0.717) is 22.1 Å². The van der Waals surface area contributed by atoms with Crippen LogP contribution in [0.3, 0.4) is 0 Å². The summed E-state index contributed by atoms with van der Waals surface area (Å²) in [7, 11) is 0. The van der Waals surface area contributed by atoms with Crippen molar-refractivity contribution in [2.24, 2.45) is 0 Å². The molecule has 4 nitrogen and oxygen atoms in total. The number of carbonyl (C=O) groups is 2. The van der Waals surface area contributed by atoms with Gasteiger partial charge in [-0.15, -0.1) is 0 Å². The summed E-state index contributed by atoms with van der Waals surface area (Å²) < 4.78 is 0.309.